The van der Waals surface area contributed by atoms with Crippen molar-refractivity contribution in [1.29, 1.82) is 0 Å². The van der Waals surface area contributed by atoms with Gasteiger partial charge in [-0.1, -0.05) is 12.1 Å². The number of methoxy groups -OCH3 is 1. The van der Waals surface area contributed by atoms with Gasteiger partial charge in [-0.25, -0.2) is 9.97 Å². The van der Waals surface area contributed by atoms with Crippen LogP contribution in [0.4, 0.5) is 5.82 Å². The first-order valence-electron chi connectivity index (χ1n) is 13.9. The highest BCUT2D eigenvalue weighted by molar-refractivity contribution is 6.01. The van der Waals surface area contributed by atoms with Crippen LogP contribution in [0.25, 0.3) is 10.9 Å². The molecule has 5 rings (SSSR count). The molecule has 0 spiro atoms. The number of rotatable bonds is 9. The van der Waals surface area contributed by atoms with Crippen LogP contribution in [0.15, 0.2) is 73.1 Å². The number of fused-ring (bicyclic) bond motifs is 1. The molecule has 1 aliphatic rings. The first kappa shape index (κ1) is 28.8. The minimum Gasteiger partial charge on any atom is -0.497 e. The summed E-state index contributed by atoms with van der Waals surface area (Å²) in [5, 5.41) is 3.84. The summed E-state index contributed by atoms with van der Waals surface area (Å²) >= 11 is 0. The lowest BCUT2D eigenvalue weighted by molar-refractivity contribution is -0.130. The van der Waals surface area contributed by atoms with E-state index in [2.05, 4.69) is 32.1 Å². The number of aromatic nitrogens is 2. The lowest BCUT2D eigenvalue weighted by atomic mass is 10.0. The van der Waals surface area contributed by atoms with Gasteiger partial charge in [0, 0.05) is 57.6 Å². The van der Waals surface area contributed by atoms with E-state index >= 15 is 0 Å². The smallest absolute Gasteiger partial charge is 0.252 e. The van der Waals surface area contributed by atoms with Crippen molar-refractivity contribution in [3.8, 4) is 17.2 Å². The number of benzene rings is 3. The van der Waals surface area contributed by atoms with E-state index in [4.69, 9.17) is 9.47 Å². The van der Waals surface area contributed by atoms with Crippen LogP contribution in [0.3, 0.4) is 0 Å². The zero-order valence-electron chi connectivity index (χ0n) is 24.4. The Labute approximate surface area is 245 Å². The van der Waals surface area contributed by atoms with E-state index in [0.717, 1.165) is 48.7 Å². The van der Waals surface area contributed by atoms with E-state index in [-0.39, 0.29) is 11.8 Å². The standard InChI is InChI=1S/C32H36N6O4/c1-36(2)32(40)29(19-22-6-5-7-26(18-22)42-25-11-9-24(41-4)10-12-25)35-31(39)23-8-13-27-28(20-23)33-21-34-30(27)38-16-14-37(3)15-17-38/h5-13,18,20-21,29H,14-17,19H2,1-4H3,(H,35,39). The fraction of sp³-hybridized carbons (Fsp3) is 0.312. The maximum Gasteiger partial charge on any atom is 0.252 e. The van der Waals surface area contributed by atoms with Crippen molar-refractivity contribution in [3.05, 3.63) is 84.2 Å². The molecule has 10 heteroatoms. The van der Waals surface area contributed by atoms with Gasteiger partial charge in [0.05, 0.1) is 12.6 Å². The van der Waals surface area contributed by atoms with Crippen molar-refractivity contribution in [2.24, 2.45) is 0 Å². The molecular weight excluding hydrogens is 532 g/mol. The Kier molecular flexibility index (Phi) is 8.83. The lowest BCUT2D eigenvalue weighted by Crippen LogP contribution is -2.47. The molecule has 1 aromatic heterocycles. The molecule has 0 bridgehead atoms. The summed E-state index contributed by atoms with van der Waals surface area (Å²) in [5.74, 6) is 2.36. The molecule has 42 heavy (non-hydrogen) atoms. The van der Waals surface area contributed by atoms with Crippen molar-refractivity contribution >= 4 is 28.5 Å². The number of hydrogen-bond acceptors (Lipinski definition) is 8. The van der Waals surface area contributed by atoms with Crippen molar-refractivity contribution < 1.29 is 19.1 Å². The second-order valence-corrected chi connectivity index (χ2v) is 10.6. The molecule has 0 aliphatic carbocycles. The number of nitrogens with zero attached hydrogens (tertiary/aromatic N) is 5. The van der Waals surface area contributed by atoms with Gasteiger partial charge < -0.3 is 29.5 Å². The third kappa shape index (κ3) is 6.77. The maximum atomic E-state index is 13.4. The average molecular weight is 569 g/mol. The SMILES string of the molecule is COc1ccc(Oc2cccc(CC(NC(=O)c3ccc4c(N5CCN(C)CC5)ncnc4c3)C(=O)N(C)C)c2)cc1. The number of anilines is 1. The summed E-state index contributed by atoms with van der Waals surface area (Å²) in [6, 6.07) is 19.4. The molecule has 3 aromatic carbocycles. The topological polar surface area (TPSA) is 100 Å². The number of nitrogens with one attached hydrogen (secondary N) is 1. The third-order valence-corrected chi connectivity index (χ3v) is 7.36. The minimum absolute atomic E-state index is 0.203. The molecule has 1 atom stereocenters. The van der Waals surface area contributed by atoms with Crippen LogP contribution in [0.1, 0.15) is 15.9 Å². The first-order chi connectivity index (χ1) is 20.3. The predicted octanol–water partition coefficient (Wildman–Crippen LogP) is 3.61. The van der Waals surface area contributed by atoms with E-state index < -0.39 is 6.04 Å². The maximum absolute atomic E-state index is 13.4. The summed E-state index contributed by atoms with van der Waals surface area (Å²) in [6.45, 7) is 3.69. The van der Waals surface area contributed by atoms with E-state index in [9.17, 15) is 9.59 Å². The molecule has 218 valence electrons. The van der Waals surface area contributed by atoms with E-state index in [0.29, 0.717) is 29.0 Å². The Morgan fingerprint density at radius 3 is 2.38 bits per heavy atom. The second-order valence-electron chi connectivity index (χ2n) is 10.6. The Morgan fingerprint density at radius 1 is 0.929 bits per heavy atom. The number of likely N-dealkylation sites (N-methyl/N-ethyl adjacent to an activating group) is 2. The lowest BCUT2D eigenvalue weighted by Gasteiger charge is -2.33. The van der Waals surface area contributed by atoms with Gasteiger partial charge in [0.25, 0.3) is 5.91 Å². The van der Waals surface area contributed by atoms with Crippen LogP contribution in [0, 0.1) is 0 Å². The molecule has 0 saturated carbocycles. The normalized spacial score (nSPS) is 14.3. The van der Waals surface area contributed by atoms with E-state index in [1.165, 1.54) is 11.2 Å². The molecule has 1 aliphatic heterocycles. The van der Waals surface area contributed by atoms with Gasteiger partial charge >= 0.3 is 0 Å². The van der Waals surface area contributed by atoms with Gasteiger partial charge in [-0.15, -0.1) is 0 Å². The molecule has 4 aromatic rings. The molecule has 1 saturated heterocycles. The number of piperazine rings is 1. The molecule has 1 N–H and O–H groups in total. The molecule has 0 radical (unpaired) electrons. The summed E-state index contributed by atoms with van der Waals surface area (Å²) in [6.07, 6.45) is 1.84. The van der Waals surface area contributed by atoms with Gasteiger partial charge in [0.15, 0.2) is 0 Å². The average Bonchev–Trinajstić information content (AvgIpc) is 3.00. The van der Waals surface area contributed by atoms with Gasteiger partial charge in [-0.3, -0.25) is 9.59 Å². The van der Waals surface area contributed by atoms with E-state index in [1.807, 2.05) is 54.6 Å². The minimum atomic E-state index is -0.772. The van der Waals surface area contributed by atoms with Crippen LogP contribution >= 0.6 is 0 Å². The highest BCUT2D eigenvalue weighted by Crippen LogP contribution is 2.26. The molecule has 10 nitrogen and oxygen atoms in total. The Hall–Kier alpha value is -4.70. The van der Waals surface area contributed by atoms with Gasteiger partial charge in [0.1, 0.15) is 35.4 Å². The van der Waals surface area contributed by atoms with Crippen molar-refractivity contribution in [3.63, 3.8) is 0 Å². The van der Waals surface area contributed by atoms with Gasteiger partial charge in [-0.05, 0) is 67.2 Å². The fourth-order valence-electron chi connectivity index (χ4n) is 4.96. The number of carbonyl (C=O) groups excluding carboxylic acids is 2. The van der Waals surface area contributed by atoms with E-state index in [1.54, 1.807) is 33.3 Å². The zero-order chi connectivity index (χ0) is 29.6. The molecule has 2 amide bonds. The van der Waals surface area contributed by atoms with Crippen LogP contribution < -0.4 is 19.7 Å². The van der Waals surface area contributed by atoms with Crippen LogP contribution in [-0.2, 0) is 11.2 Å². The summed E-state index contributed by atoms with van der Waals surface area (Å²) < 4.78 is 11.2. The summed E-state index contributed by atoms with van der Waals surface area (Å²) in [4.78, 5) is 41.6. The Balaban J connectivity index is 1.32. The number of amides is 2. The van der Waals surface area contributed by atoms with Crippen LogP contribution in [0.5, 0.6) is 17.2 Å². The molecular formula is C32H36N6O4. The highest BCUT2D eigenvalue weighted by atomic mass is 16.5. The number of carbonyl (C=O) groups is 2. The monoisotopic (exact) mass is 568 g/mol. The molecule has 2 heterocycles. The summed E-state index contributed by atoms with van der Waals surface area (Å²) in [5.41, 5.74) is 1.97. The highest BCUT2D eigenvalue weighted by Gasteiger charge is 2.24. The molecule has 1 unspecified atom stereocenters. The first-order valence-corrected chi connectivity index (χ1v) is 13.9. The fourth-order valence-corrected chi connectivity index (χ4v) is 4.96. The Bertz CT molecular complexity index is 1550. The zero-order valence-corrected chi connectivity index (χ0v) is 24.4. The second kappa shape index (κ2) is 12.9. The third-order valence-electron chi connectivity index (χ3n) is 7.36. The van der Waals surface area contributed by atoms with Crippen molar-refractivity contribution in [2.45, 2.75) is 12.5 Å². The van der Waals surface area contributed by atoms with Gasteiger partial charge in [0.2, 0.25) is 5.91 Å². The molecule has 1 fully saturated rings. The quantitative estimate of drug-likeness (QED) is 0.327. The summed E-state index contributed by atoms with van der Waals surface area (Å²) in [7, 11) is 7.08. The van der Waals surface area contributed by atoms with Gasteiger partial charge in [-0.2, -0.15) is 0 Å². The van der Waals surface area contributed by atoms with Crippen LogP contribution in [0.2, 0.25) is 0 Å². The number of hydrogen-bond donors (Lipinski definition) is 1. The van der Waals surface area contributed by atoms with Crippen LogP contribution in [-0.4, -0.2) is 92.1 Å². The van der Waals surface area contributed by atoms with Crippen molar-refractivity contribution in [2.75, 3.05) is 59.3 Å². The largest absolute Gasteiger partial charge is 0.497 e. The predicted molar refractivity (Wildman–Crippen MR) is 162 cm³/mol. The number of ether oxygens (including phenoxy) is 2. The Morgan fingerprint density at radius 2 is 1.67 bits per heavy atom. The van der Waals surface area contributed by atoms with Crippen molar-refractivity contribution in [1.82, 2.24) is 25.1 Å².